The van der Waals surface area contributed by atoms with Crippen LogP contribution in [0.25, 0.3) is 0 Å². The molecule has 1 fully saturated rings. The minimum atomic E-state index is -0.646. The van der Waals surface area contributed by atoms with Crippen molar-refractivity contribution in [1.82, 2.24) is 0 Å². The van der Waals surface area contributed by atoms with Crippen molar-refractivity contribution in [3.05, 3.63) is 0 Å². The first-order chi connectivity index (χ1) is 7.66. The smallest absolute Gasteiger partial charge is 0.249 e. The average molecular weight is 227 g/mol. The second-order valence-corrected chi connectivity index (χ2v) is 4.36. The number of rotatable bonds is 9. The summed E-state index contributed by atoms with van der Waals surface area (Å²) in [5, 5.41) is 0. The lowest BCUT2D eigenvalue weighted by molar-refractivity contribution is -0.121. The number of hydrogen-bond acceptors (Lipinski definition) is 3. The van der Waals surface area contributed by atoms with Gasteiger partial charge in [0, 0.05) is 6.42 Å². The highest BCUT2D eigenvalue weighted by Gasteiger charge is 2.48. The maximum atomic E-state index is 11.5. The van der Waals surface area contributed by atoms with Crippen molar-refractivity contribution in [2.24, 2.45) is 5.73 Å². The molecule has 1 unspecified atom stereocenters. The van der Waals surface area contributed by atoms with Crippen LogP contribution >= 0.6 is 0 Å². The van der Waals surface area contributed by atoms with E-state index in [1.54, 1.807) is 0 Å². The van der Waals surface area contributed by atoms with Crippen LogP contribution < -0.4 is 5.73 Å². The zero-order chi connectivity index (χ0) is 12.0. The number of unbranched alkanes of at least 4 members (excludes halogenated alkanes) is 5. The lowest BCUT2D eigenvalue weighted by Gasteiger charge is -1.99. The van der Waals surface area contributed by atoms with Crippen molar-refractivity contribution in [2.75, 3.05) is 0 Å². The Morgan fingerprint density at radius 2 is 1.69 bits per heavy atom. The van der Waals surface area contributed by atoms with Crippen LogP contribution in [0.3, 0.4) is 0 Å². The van der Waals surface area contributed by atoms with E-state index in [-0.39, 0.29) is 5.78 Å². The van der Waals surface area contributed by atoms with Crippen molar-refractivity contribution < 1.29 is 14.3 Å². The summed E-state index contributed by atoms with van der Waals surface area (Å²) in [7, 11) is 0. The summed E-state index contributed by atoms with van der Waals surface area (Å²) >= 11 is 0. The SMILES string of the molecule is CCCCCCCCC(=O)C1O[C@H]1C(N)=O. The molecule has 0 spiro atoms. The van der Waals surface area contributed by atoms with Crippen molar-refractivity contribution >= 4 is 11.7 Å². The summed E-state index contributed by atoms with van der Waals surface area (Å²) in [6.07, 6.45) is 6.24. The number of epoxide rings is 1. The van der Waals surface area contributed by atoms with Crippen LogP contribution in [0.5, 0.6) is 0 Å². The van der Waals surface area contributed by atoms with Crippen molar-refractivity contribution in [3.63, 3.8) is 0 Å². The Balaban J connectivity index is 1.98. The molecule has 0 aromatic heterocycles. The molecule has 4 nitrogen and oxygen atoms in total. The number of ether oxygens (including phenoxy) is 1. The lowest BCUT2D eigenvalue weighted by Crippen LogP contribution is -2.22. The molecule has 0 bridgehead atoms. The fraction of sp³-hybridized carbons (Fsp3) is 0.833. The van der Waals surface area contributed by atoms with Crippen molar-refractivity contribution in [3.8, 4) is 0 Å². The number of carbonyl (C=O) groups is 2. The maximum absolute atomic E-state index is 11.5. The summed E-state index contributed by atoms with van der Waals surface area (Å²) in [6.45, 7) is 2.18. The van der Waals surface area contributed by atoms with Crippen LogP contribution in [0.15, 0.2) is 0 Å². The topological polar surface area (TPSA) is 72.7 Å². The molecular formula is C12H21NO3. The van der Waals surface area contributed by atoms with Crippen LogP contribution in [0.1, 0.15) is 51.9 Å². The number of amides is 1. The Bertz CT molecular complexity index is 253. The van der Waals surface area contributed by atoms with Crippen LogP contribution in [0.2, 0.25) is 0 Å². The zero-order valence-electron chi connectivity index (χ0n) is 9.91. The first-order valence-electron chi connectivity index (χ1n) is 6.14. The van der Waals surface area contributed by atoms with Crippen LogP contribution in [0.4, 0.5) is 0 Å². The third-order valence-electron chi connectivity index (χ3n) is 2.87. The molecule has 1 saturated heterocycles. The van der Waals surface area contributed by atoms with Crippen molar-refractivity contribution in [2.45, 2.75) is 64.1 Å². The Labute approximate surface area is 96.5 Å². The lowest BCUT2D eigenvalue weighted by atomic mass is 10.1. The minimum absolute atomic E-state index is 0.0271. The fourth-order valence-electron chi connectivity index (χ4n) is 1.80. The number of carbonyl (C=O) groups excluding carboxylic acids is 2. The van der Waals surface area contributed by atoms with E-state index in [0.717, 1.165) is 12.8 Å². The number of primary amides is 1. The van der Waals surface area contributed by atoms with Gasteiger partial charge in [0.1, 0.15) is 0 Å². The number of nitrogens with two attached hydrogens (primary N) is 1. The summed E-state index contributed by atoms with van der Waals surface area (Å²) in [4.78, 5) is 22.1. The van der Waals surface area contributed by atoms with Crippen LogP contribution in [-0.4, -0.2) is 23.9 Å². The monoisotopic (exact) mass is 227 g/mol. The summed E-state index contributed by atoms with van der Waals surface area (Å²) in [5.41, 5.74) is 5.02. The van der Waals surface area contributed by atoms with Gasteiger partial charge in [-0.25, -0.2) is 0 Å². The Morgan fingerprint density at radius 3 is 2.25 bits per heavy atom. The molecule has 0 saturated carbocycles. The van der Waals surface area contributed by atoms with Gasteiger partial charge in [-0.1, -0.05) is 39.0 Å². The van der Waals surface area contributed by atoms with Gasteiger partial charge >= 0.3 is 0 Å². The standard InChI is InChI=1S/C12H21NO3/c1-2-3-4-5-6-7-8-9(14)10-11(16-10)12(13)15/h10-11H,2-8H2,1H3,(H2,13,15)/t10?,11-/m1/s1. The quantitative estimate of drug-likeness (QED) is 0.480. The molecule has 1 aliphatic rings. The molecular weight excluding hydrogens is 206 g/mol. The molecule has 2 N–H and O–H groups in total. The van der Waals surface area contributed by atoms with Gasteiger partial charge in [0.25, 0.3) is 0 Å². The third kappa shape index (κ3) is 4.31. The summed E-state index contributed by atoms with van der Waals surface area (Å²) in [6, 6.07) is 0. The number of hydrogen-bond donors (Lipinski definition) is 1. The van der Waals surface area contributed by atoms with Gasteiger partial charge in [0.05, 0.1) is 0 Å². The van der Waals surface area contributed by atoms with E-state index in [4.69, 9.17) is 10.5 Å². The molecule has 1 aliphatic heterocycles. The minimum Gasteiger partial charge on any atom is -0.367 e. The first kappa shape index (κ1) is 13.2. The average Bonchev–Trinajstić information content (AvgIpc) is 3.02. The highest BCUT2D eigenvalue weighted by molar-refractivity contribution is 5.95. The molecule has 4 heteroatoms. The van der Waals surface area contributed by atoms with E-state index in [2.05, 4.69) is 6.92 Å². The molecule has 0 aromatic carbocycles. The summed E-state index contributed by atoms with van der Waals surface area (Å²) in [5.74, 6) is -0.499. The van der Waals surface area contributed by atoms with Gasteiger partial charge in [0.15, 0.2) is 18.0 Å². The fourth-order valence-corrected chi connectivity index (χ4v) is 1.80. The van der Waals surface area contributed by atoms with E-state index < -0.39 is 18.1 Å². The molecule has 1 amide bonds. The van der Waals surface area contributed by atoms with Gasteiger partial charge in [-0.3, -0.25) is 9.59 Å². The number of ketones is 1. The molecule has 1 heterocycles. The highest BCUT2D eigenvalue weighted by atomic mass is 16.6. The first-order valence-corrected chi connectivity index (χ1v) is 6.14. The summed E-state index contributed by atoms with van der Waals surface area (Å²) < 4.78 is 4.91. The van der Waals surface area contributed by atoms with Crippen molar-refractivity contribution in [1.29, 1.82) is 0 Å². The van der Waals surface area contributed by atoms with Gasteiger partial charge in [-0.05, 0) is 6.42 Å². The molecule has 0 aromatic rings. The second kappa shape index (κ2) is 6.63. The highest BCUT2D eigenvalue weighted by Crippen LogP contribution is 2.24. The zero-order valence-corrected chi connectivity index (χ0v) is 9.91. The van der Waals surface area contributed by atoms with E-state index in [1.807, 2.05) is 0 Å². The normalized spacial score (nSPS) is 23.1. The van der Waals surface area contributed by atoms with E-state index in [0.29, 0.717) is 6.42 Å². The van der Waals surface area contributed by atoms with Gasteiger partial charge in [-0.2, -0.15) is 0 Å². The largest absolute Gasteiger partial charge is 0.367 e. The van der Waals surface area contributed by atoms with Crippen LogP contribution in [-0.2, 0) is 14.3 Å². The van der Waals surface area contributed by atoms with Gasteiger partial charge in [-0.15, -0.1) is 0 Å². The molecule has 1 rings (SSSR count). The van der Waals surface area contributed by atoms with E-state index in [1.165, 1.54) is 25.7 Å². The van der Waals surface area contributed by atoms with Crippen LogP contribution in [0, 0.1) is 0 Å². The Kier molecular flexibility index (Phi) is 5.46. The predicted octanol–water partition coefficient (Wildman–Crippen LogP) is 1.56. The second-order valence-electron chi connectivity index (χ2n) is 4.36. The molecule has 16 heavy (non-hydrogen) atoms. The molecule has 0 radical (unpaired) electrons. The predicted molar refractivity (Wildman–Crippen MR) is 60.9 cm³/mol. The Morgan fingerprint density at radius 1 is 1.06 bits per heavy atom. The number of Topliss-reactive ketones (excluding diaryl/α,β-unsaturated/α-hetero) is 1. The van der Waals surface area contributed by atoms with E-state index >= 15 is 0 Å². The molecule has 2 atom stereocenters. The van der Waals surface area contributed by atoms with Gasteiger partial charge < -0.3 is 10.5 Å². The molecule has 92 valence electrons. The third-order valence-corrected chi connectivity index (χ3v) is 2.87. The molecule has 0 aliphatic carbocycles. The maximum Gasteiger partial charge on any atom is 0.249 e. The van der Waals surface area contributed by atoms with Gasteiger partial charge in [0.2, 0.25) is 5.91 Å². The Hall–Kier alpha value is -0.900. The van der Waals surface area contributed by atoms with E-state index in [9.17, 15) is 9.59 Å².